The van der Waals surface area contributed by atoms with Gasteiger partial charge in [-0.1, -0.05) is 23.2 Å². The van der Waals surface area contributed by atoms with Crippen molar-refractivity contribution < 1.29 is 4.74 Å². The van der Waals surface area contributed by atoms with Crippen LogP contribution in [0.15, 0.2) is 18.2 Å². The highest BCUT2D eigenvalue weighted by Gasteiger charge is 2.07. The third-order valence-electron chi connectivity index (χ3n) is 2.54. The molecule has 0 fully saturated rings. The lowest BCUT2D eigenvalue weighted by Crippen LogP contribution is -1.95. The Bertz CT molecular complexity index is 537. The van der Waals surface area contributed by atoms with Gasteiger partial charge >= 0.3 is 0 Å². The van der Waals surface area contributed by atoms with Crippen molar-refractivity contribution in [2.75, 3.05) is 7.11 Å². The Kier molecular flexibility index (Phi) is 3.13. The second-order valence-electron chi connectivity index (χ2n) is 4.01. The van der Waals surface area contributed by atoms with Gasteiger partial charge < -0.3 is 4.74 Å². The lowest BCUT2D eigenvalue weighted by molar-refractivity contribution is 0.182. The number of aromatic nitrogens is 1. The van der Waals surface area contributed by atoms with Crippen molar-refractivity contribution in [3.63, 3.8) is 0 Å². The second kappa shape index (κ2) is 4.40. The van der Waals surface area contributed by atoms with E-state index < -0.39 is 0 Å². The lowest BCUT2D eigenvalue weighted by atomic mass is 10.1. The van der Waals surface area contributed by atoms with Gasteiger partial charge in [0.15, 0.2) is 0 Å². The Morgan fingerprint density at radius 2 is 2.00 bits per heavy atom. The molecule has 2 rings (SSSR count). The van der Waals surface area contributed by atoms with Crippen LogP contribution in [0.2, 0.25) is 5.02 Å². The topological polar surface area (TPSA) is 22.1 Å². The van der Waals surface area contributed by atoms with Crippen molar-refractivity contribution >= 4 is 22.5 Å². The van der Waals surface area contributed by atoms with Crippen molar-refractivity contribution in [2.45, 2.75) is 20.5 Å². The van der Waals surface area contributed by atoms with Gasteiger partial charge in [-0.05, 0) is 31.5 Å². The number of pyridine rings is 1. The number of rotatable bonds is 2. The minimum absolute atomic E-state index is 0.489. The number of nitrogens with zero attached hydrogens (tertiary/aromatic N) is 1. The summed E-state index contributed by atoms with van der Waals surface area (Å²) in [5.41, 5.74) is 4.18. The molecule has 1 aromatic carbocycles. The highest BCUT2D eigenvalue weighted by molar-refractivity contribution is 6.35. The third kappa shape index (κ3) is 2.04. The Labute approximate surface area is 100 Å². The normalized spacial score (nSPS) is 11.0. The van der Waals surface area contributed by atoms with E-state index in [4.69, 9.17) is 16.3 Å². The van der Waals surface area contributed by atoms with Crippen LogP contribution in [0.25, 0.3) is 10.9 Å². The maximum Gasteiger partial charge on any atom is 0.0884 e. The first-order valence-corrected chi connectivity index (χ1v) is 5.55. The minimum Gasteiger partial charge on any atom is -0.378 e. The highest BCUT2D eigenvalue weighted by atomic mass is 35.5. The molecule has 1 heterocycles. The standard InChI is InChI=1S/C13H14ClNO/c1-8-4-9(2)13-11(5-8)12(14)6-10(15-13)7-16-3/h4-6H,7H2,1-3H3. The maximum absolute atomic E-state index is 6.25. The molecule has 0 unspecified atom stereocenters. The van der Waals surface area contributed by atoms with Gasteiger partial charge in [0, 0.05) is 12.5 Å². The number of methoxy groups -OCH3 is 1. The average molecular weight is 236 g/mol. The summed E-state index contributed by atoms with van der Waals surface area (Å²) in [5, 5.41) is 1.75. The Morgan fingerprint density at radius 1 is 1.25 bits per heavy atom. The first-order chi connectivity index (χ1) is 7.61. The molecule has 0 bridgehead atoms. The number of ether oxygens (including phenoxy) is 1. The van der Waals surface area contributed by atoms with Gasteiger partial charge in [-0.3, -0.25) is 0 Å². The highest BCUT2D eigenvalue weighted by Crippen LogP contribution is 2.26. The molecule has 0 aliphatic carbocycles. The zero-order chi connectivity index (χ0) is 11.7. The summed E-state index contributed by atoms with van der Waals surface area (Å²) < 4.78 is 5.07. The molecule has 0 atom stereocenters. The van der Waals surface area contributed by atoms with E-state index in [0.717, 1.165) is 27.2 Å². The van der Waals surface area contributed by atoms with Crippen LogP contribution in [0.3, 0.4) is 0 Å². The predicted molar refractivity (Wildman–Crippen MR) is 66.9 cm³/mol. The predicted octanol–water partition coefficient (Wildman–Crippen LogP) is 3.65. The molecule has 0 aliphatic rings. The fourth-order valence-electron chi connectivity index (χ4n) is 1.91. The molecule has 0 N–H and O–H groups in total. The third-order valence-corrected chi connectivity index (χ3v) is 2.86. The number of hydrogen-bond donors (Lipinski definition) is 0. The van der Waals surface area contributed by atoms with Gasteiger partial charge in [-0.25, -0.2) is 4.98 Å². The van der Waals surface area contributed by atoms with E-state index in [-0.39, 0.29) is 0 Å². The van der Waals surface area contributed by atoms with Crippen molar-refractivity contribution in [2.24, 2.45) is 0 Å². The number of hydrogen-bond acceptors (Lipinski definition) is 2. The van der Waals surface area contributed by atoms with Crippen LogP contribution in [-0.2, 0) is 11.3 Å². The second-order valence-corrected chi connectivity index (χ2v) is 4.41. The lowest BCUT2D eigenvalue weighted by Gasteiger charge is -2.08. The largest absolute Gasteiger partial charge is 0.378 e. The summed E-state index contributed by atoms with van der Waals surface area (Å²) in [6.45, 7) is 4.60. The van der Waals surface area contributed by atoms with E-state index in [1.807, 2.05) is 6.07 Å². The summed E-state index contributed by atoms with van der Waals surface area (Å²) >= 11 is 6.25. The van der Waals surface area contributed by atoms with Gasteiger partial charge in [0.1, 0.15) is 0 Å². The molecule has 1 aromatic heterocycles. The van der Waals surface area contributed by atoms with Crippen LogP contribution in [0.1, 0.15) is 16.8 Å². The monoisotopic (exact) mass is 235 g/mol. The number of halogens is 1. The Morgan fingerprint density at radius 3 is 2.69 bits per heavy atom. The molecular weight excluding hydrogens is 222 g/mol. The van der Waals surface area contributed by atoms with Crippen molar-refractivity contribution in [1.29, 1.82) is 0 Å². The van der Waals surface area contributed by atoms with E-state index in [0.29, 0.717) is 6.61 Å². The van der Waals surface area contributed by atoms with Crippen molar-refractivity contribution in [1.82, 2.24) is 4.98 Å². The van der Waals surface area contributed by atoms with E-state index in [1.54, 1.807) is 7.11 Å². The van der Waals surface area contributed by atoms with Gasteiger partial charge in [0.05, 0.1) is 22.8 Å². The quantitative estimate of drug-likeness (QED) is 0.793. The van der Waals surface area contributed by atoms with E-state index in [9.17, 15) is 0 Å². The Balaban J connectivity index is 2.71. The van der Waals surface area contributed by atoms with E-state index >= 15 is 0 Å². The number of aryl methyl sites for hydroxylation is 2. The zero-order valence-electron chi connectivity index (χ0n) is 9.67. The summed E-state index contributed by atoms with van der Waals surface area (Å²) in [4.78, 5) is 4.56. The van der Waals surface area contributed by atoms with Crippen LogP contribution in [0.5, 0.6) is 0 Å². The van der Waals surface area contributed by atoms with E-state index in [2.05, 4.69) is 31.0 Å². The number of benzene rings is 1. The zero-order valence-corrected chi connectivity index (χ0v) is 10.4. The first kappa shape index (κ1) is 11.4. The smallest absolute Gasteiger partial charge is 0.0884 e. The summed E-state index contributed by atoms with van der Waals surface area (Å²) in [6.07, 6.45) is 0. The fraction of sp³-hybridized carbons (Fsp3) is 0.308. The van der Waals surface area contributed by atoms with Crippen LogP contribution >= 0.6 is 11.6 Å². The molecule has 0 spiro atoms. The van der Waals surface area contributed by atoms with Crippen molar-refractivity contribution in [3.05, 3.63) is 40.0 Å². The van der Waals surface area contributed by atoms with Crippen LogP contribution in [0, 0.1) is 13.8 Å². The molecule has 3 heteroatoms. The molecule has 84 valence electrons. The molecule has 0 radical (unpaired) electrons. The van der Waals surface area contributed by atoms with Crippen LogP contribution in [0.4, 0.5) is 0 Å². The molecule has 0 aliphatic heterocycles. The SMILES string of the molecule is COCc1cc(Cl)c2cc(C)cc(C)c2n1. The van der Waals surface area contributed by atoms with E-state index in [1.165, 1.54) is 5.56 Å². The summed E-state index contributed by atoms with van der Waals surface area (Å²) in [5.74, 6) is 0. The average Bonchev–Trinajstić information content (AvgIpc) is 2.20. The van der Waals surface area contributed by atoms with Crippen LogP contribution in [-0.4, -0.2) is 12.1 Å². The molecular formula is C13H14ClNO. The van der Waals surface area contributed by atoms with Gasteiger partial charge in [-0.2, -0.15) is 0 Å². The van der Waals surface area contributed by atoms with Gasteiger partial charge in [0.2, 0.25) is 0 Å². The van der Waals surface area contributed by atoms with Gasteiger partial charge in [-0.15, -0.1) is 0 Å². The maximum atomic E-state index is 6.25. The number of fused-ring (bicyclic) bond motifs is 1. The fourth-order valence-corrected chi connectivity index (χ4v) is 2.18. The van der Waals surface area contributed by atoms with Gasteiger partial charge in [0.25, 0.3) is 0 Å². The van der Waals surface area contributed by atoms with Crippen molar-refractivity contribution in [3.8, 4) is 0 Å². The molecule has 0 amide bonds. The summed E-state index contributed by atoms with van der Waals surface area (Å²) in [6, 6.07) is 6.04. The minimum atomic E-state index is 0.489. The molecule has 2 aromatic rings. The molecule has 0 saturated carbocycles. The molecule has 0 saturated heterocycles. The Hall–Kier alpha value is -1.12. The van der Waals surface area contributed by atoms with Crippen LogP contribution < -0.4 is 0 Å². The summed E-state index contributed by atoms with van der Waals surface area (Å²) in [7, 11) is 1.65. The molecule has 16 heavy (non-hydrogen) atoms. The first-order valence-electron chi connectivity index (χ1n) is 5.17. The molecule has 2 nitrogen and oxygen atoms in total.